The molecule has 0 fully saturated rings. The van der Waals surface area contributed by atoms with Crippen molar-refractivity contribution >= 4 is 40.2 Å². The molecule has 0 spiro atoms. The molecule has 0 bridgehead atoms. The molecule has 9 heteroatoms. The molecular weight excluding hydrogens is 424 g/mol. The highest BCUT2D eigenvalue weighted by Crippen LogP contribution is 2.38. The Kier molecular flexibility index (Phi) is 6.29. The predicted molar refractivity (Wildman–Crippen MR) is 126 cm³/mol. The Morgan fingerprint density at radius 3 is 2.81 bits per heavy atom. The highest BCUT2D eigenvalue weighted by atomic mass is 32.2. The van der Waals surface area contributed by atoms with Gasteiger partial charge in [0, 0.05) is 35.5 Å². The number of fused-ring (bicyclic) bond motifs is 3. The van der Waals surface area contributed by atoms with Crippen molar-refractivity contribution in [1.82, 2.24) is 15.3 Å². The van der Waals surface area contributed by atoms with Crippen LogP contribution in [0.15, 0.2) is 77.6 Å². The number of carbonyl (C=O) groups is 2. The molecule has 1 aliphatic rings. The van der Waals surface area contributed by atoms with E-state index in [9.17, 15) is 9.59 Å². The number of nitrogens with two attached hydrogens (primary N) is 2. The molecule has 0 saturated heterocycles. The van der Waals surface area contributed by atoms with Gasteiger partial charge in [-0.05, 0) is 29.8 Å². The van der Waals surface area contributed by atoms with Crippen molar-refractivity contribution < 1.29 is 9.59 Å². The molecular formula is C23H24N6O2S. The third-order valence-corrected chi connectivity index (χ3v) is 6.31. The molecule has 2 amide bonds. The molecule has 1 aliphatic heterocycles. The third-order valence-electron chi connectivity index (χ3n) is 5.17. The van der Waals surface area contributed by atoms with Crippen LogP contribution in [0.5, 0.6) is 0 Å². The second kappa shape index (κ2) is 9.29. The van der Waals surface area contributed by atoms with E-state index in [1.165, 1.54) is 23.0 Å². The lowest BCUT2D eigenvalue weighted by atomic mass is 10.1. The molecule has 2 aromatic carbocycles. The highest BCUT2D eigenvalue weighted by Gasteiger charge is 2.31. The van der Waals surface area contributed by atoms with Gasteiger partial charge in [0.05, 0.1) is 17.7 Å². The lowest BCUT2D eigenvalue weighted by molar-refractivity contribution is -0.125. The first kappa shape index (κ1) is 21.7. The van der Waals surface area contributed by atoms with Crippen LogP contribution >= 0.6 is 11.8 Å². The zero-order valence-electron chi connectivity index (χ0n) is 17.6. The molecule has 2 heterocycles. The Labute approximate surface area is 190 Å². The molecule has 1 atom stereocenters. The first-order valence-electron chi connectivity index (χ1n) is 10.1. The topological polar surface area (TPSA) is 118 Å². The number of likely N-dealkylation sites (N-methyl/N-ethyl adjacent to an activating group) is 1. The second-order valence-electron chi connectivity index (χ2n) is 7.46. The highest BCUT2D eigenvalue weighted by molar-refractivity contribution is 7.99. The number of amides is 2. The number of rotatable bonds is 5. The van der Waals surface area contributed by atoms with Crippen LogP contribution in [0.1, 0.15) is 5.56 Å². The number of benzene rings is 2. The fraction of sp³-hybridized carbons (Fsp3) is 0.174. The van der Waals surface area contributed by atoms with Crippen molar-refractivity contribution in [2.24, 2.45) is 11.6 Å². The number of hydrogen-bond donors (Lipinski definition) is 3. The van der Waals surface area contributed by atoms with Crippen molar-refractivity contribution in [3.8, 4) is 0 Å². The zero-order chi connectivity index (χ0) is 22.7. The third kappa shape index (κ3) is 4.53. The van der Waals surface area contributed by atoms with Crippen molar-refractivity contribution in [3.05, 3.63) is 78.3 Å². The molecule has 164 valence electrons. The standard InChI is InChI=1S/C23H24N6O2S/c1-28-21-16-8-5-11-26-18(16)9-10-20(21)32-14-19(23(28)31)27-22(30)17(24)13-29(25)12-15-6-3-2-4-7-15/h2-11,13,19H,12,14,24-25H2,1H3,(H,27,30)/b17-13-. The maximum atomic E-state index is 13.2. The van der Waals surface area contributed by atoms with E-state index in [1.54, 1.807) is 18.1 Å². The SMILES string of the molecule is CN1C(=O)C(NC(=O)/C(N)=C/N(N)Cc2ccccc2)CSc2ccc3ncccc3c21. The lowest BCUT2D eigenvalue weighted by Gasteiger charge is -2.23. The molecule has 5 N–H and O–H groups in total. The van der Waals surface area contributed by atoms with Gasteiger partial charge in [0.2, 0.25) is 5.91 Å². The van der Waals surface area contributed by atoms with E-state index in [2.05, 4.69) is 10.3 Å². The maximum Gasteiger partial charge on any atom is 0.269 e. The summed E-state index contributed by atoms with van der Waals surface area (Å²) in [6.45, 7) is 0.395. The fourth-order valence-corrected chi connectivity index (χ4v) is 4.71. The Hall–Kier alpha value is -3.56. The number of thioether (sulfide) groups is 1. The minimum atomic E-state index is -0.732. The van der Waals surface area contributed by atoms with Gasteiger partial charge in [-0.15, -0.1) is 11.8 Å². The van der Waals surface area contributed by atoms with Crippen LogP contribution in [-0.2, 0) is 16.1 Å². The van der Waals surface area contributed by atoms with Gasteiger partial charge in [-0.3, -0.25) is 14.6 Å². The van der Waals surface area contributed by atoms with Gasteiger partial charge in [-0.1, -0.05) is 30.3 Å². The van der Waals surface area contributed by atoms with E-state index < -0.39 is 11.9 Å². The second-order valence-corrected chi connectivity index (χ2v) is 8.52. The van der Waals surface area contributed by atoms with Crippen molar-refractivity contribution in [1.29, 1.82) is 0 Å². The first-order valence-corrected chi connectivity index (χ1v) is 11.0. The predicted octanol–water partition coefficient (Wildman–Crippen LogP) is 1.96. The minimum Gasteiger partial charge on any atom is -0.393 e. The summed E-state index contributed by atoms with van der Waals surface area (Å²) < 4.78 is 0. The lowest BCUT2D eigenvalue weighted by Crippen LogP contribution is -2.49. The maximum absolute atomic E-state index is 13.2. The Balaban J connectivity index is 1.48. The number of carbonyl (C=O) groups excluding carboxylic acids is 2. The van der Waals surface area contributed by atoms with Crippen LogP contribution < -0.4 is 21.8 Å². The van der Waals surface area contributed by atoms with Gasteiger partial charge in [-0.2, -0.15) is 0 Å². The van der Waals surface area contributed by atoms with Crippen LogP contribution in [-0.4, -0.2) is 40.6 Å². The molecule has 0 aliphatic carbocycles. The van der Waals surface area contributed by atoms with Gasteiger partial charge < -0.3 is 21.0 Å². The number of nitrogens with one attached hydrogen (secondary N) is 1. The first-order chi connectivity index (χ1) is 15.4. The smallest absolute Gasteiger partial charge is 0.269 e. The summed E-state index contributed by atoms with van der Waals surface area (Å²) in [4.78, 5) is 32.7. The number of hydrazine groups is 1. The minimum absolute atomic E-state index is 0.0692. The van der Waals surface area contributed by atoms with E-state index >= 15 is 0 Å². The largest absolute Gasteiger partial charge is 0.393 e. The summed E-state index contributed by atoms with van der Waals surface area (Å²) in [7, 11) is 1.71. The monoisotopic (exact) mass is 448 g/mol. The van der Waals surface area contributed by atoms with Gasteiger partial charge >= 0.3 is 0 Å². The molecule has 3 aromatic rings. The number of aromatic nitrogens is 1. The fourth-order valence-electron chi connectivity index (χ4n) is 3.59. The summed E-state index contributed by atoms with van der Waals surface area (Å²) in [5.74, 6) is 5.60. The van der Waals surface area contributed by atoms with Gasteiger partial charge in [0.25, 0.3) is 5.91 Å². The Bertz CT molecular complexity index is 1180. The van der Waals surface area contributed by atoms with E-state index in [0.29, 0.717) is 12.3 Å². The van der Waals surface area contributed by atoms with E-state index in [1.807, 2.05) is 54.6 Å². The van der Waals surface area contributed by atoms with Crippen LogP contribution in [0.25, 0.3) is 10.9 Å². The number of pyridine rings is 1. The summed E-state index contributed by atoms with van der Waals surface area (Å²) in [6, 6.07) is 16.5. The number of hydrogen-bond acceptors (Lipinski definition) is 7. The van der Waals surface area contributed by atoms with Crippen LogP contribution in [0, 0.1) is 0 Å². The van der Waals surface area contributed by atoms with Gasteiger partial charge in [0.15, 0.2) is 0 Å². The molecule has 8 nitrogen and oxygen atoms in total. The van der Waals surface area contributed by atoms with E-state index in [4.69, 9.17) is 11.6 Å². The quantitative estimate of drug-likeness (QED) is 0.310. The van der Waals surface area contributed by atoms with Crippen LogP contribution in [0.2, 0.25) is 0 Å². The van der Waals surface area contributed by atoms with Crippen molar-refractivity contribution in [2.45, 2.75) is 17.5 Å². The number of nitrogens with zero attached hydrogens (tertiary/aromatic N) is 3. The molecule has 32 heavy (non-hydrogen) atoms. The zero-order valence-corrected chi connectivity index (χ0v) is 18.4. The summed E-state index contributed by atoms with van der Waals surface area (Å²) in [5, 5.41) is 4.98. The summed E-state index contributed by atoms with van der Waals surface area (Å²) in [6.07, 6.45) is 3.09. The van der Waals surface area contributed by atoms with Crippen molar-refractivity contribution in [3.63, 3.8) is 0 Å². The van der Waals surface area contributed by atoms with E-state index in [0.717, 1.165) is 27.0 Å². The van der Waals surface area contributed by atoms with Gasteiger partial charge in [0.1, 0.15) is 11.7 Å². The number of anilines is 1. The normalized spacial score (nSPS) is 16.4. The van der Waals surface area contributed by atoms with E-state index in [-0.39, 0.29) is 11.6 Å². The van der Waals surface area contributed by atoms with Crippen LogP contribution in [0.3, 0.4) is 0 Å². The van der Waals surface area contributed by atoms with Gasteiger partial charge in [-0.25, -0.2) is 5.84 Å². The Morgan fingerprint density at radius 2 is 2.03 bits per heavy atom. The average Bonchev–Trinajstić information content (AvgIpc) is 2.91. The summed E-state index contributed by atoms with van der Waals surface area (Å²) in [5.41, 5.74) is 8.47. The summed E-state index contributed by atoms with van der Waals surface area (Å²) >= 11 is 1.51. The molecule has 1 unspecified atom stereocenters. The average molecular weight is 449 g/mol. The molecule has 0 radical (unpaired) electrons. The molecule has 1 aromatic heterocycles. The van der Waals surface area contributed by atoms with Crippen molar-refractivity contribution in [2.75, 3.05) is 17.7 Å². The molecule has 4 rings (SSSR count). The molecule has 0 saturated carbocycles. The Morgan fingerprint density at radius 1 is 1.25 bits per heavy atom. The van der Waals surface area contributed by atoms with Crippen LogP contribution in [0.4, 0.5) is 5.69 Å².